The molecule has 0 aromatic carbocycles. The summed E-state index contributed by atoms with van der Waals surface area (Å²) in [6, 6.07) is 0. The smallest absolute Gasteiger partial charge is 0.219 e. The highest BCUT2D eigenvalue weighted by Crippen LogP contribution is 2.10. The number of nitrogens with one attached hydrogen (secondary N) is 1. The molecule has 1 rings (SSSR count). The van der Waals surface area contributed by atoms with Crippen LogP contribution in [0.15, 0.2) is 0 Å². The van der Waals surface area contributed by atoms with Crippen molar-refractivity contribution in [1.82, 2.24) is 5.32 Å². The van der Waals surface area contributed by atoms with Crippen LogP contribution in [0, 0.1) is 5.92 Å². The van der Waals surface area contributed by atoms with Gasteiger partial charge in [-0.05, 0) is 6.42 Å². The second-order valence-corrected chi connectivity index (χ2v) is 2.89. The summed E-state index contributed by atoms with van der Waals surface area (Å²) in [5, 5.41) is 2.86. The minimum Gasteiger partial charge on any atom is -0.381 e. The zero-order valence-corrected chi connectivity index (χ0v) is 8.93. The summed E-state index contributed by atoms with van der Waals surface area (Å²) in [4.78, 5) is 10.8. The van der Waals surface area contributed by atoms with Gasteiger partial charge in [0.2, 0.25) is 5.91 Å². The normalized spacial score (nSPS) is 20.4. The van der Waals surface area contributed by atoms with Crippen molar-refractivity contribution in [1.29, 1.82) is 0 Å². The molecule has 3 nitrogen and oxygen atoms in total. The van der Waals surface area contributed by atoms with E-state index in [0.29, 0.717) is 12.3 Å². The van der Waals surface area contributed by atoms with Crippen molar-refractivity contribution in [3.8, 4) is 0 Å². The van der Waals surface area contributed by atoms with Crippen LogP contribution in [-0.2, 0) is 9.53 Å². The summed E-state index contributed by atoms with van der Waals surface area (Å²) in [5.74, 6) is 0.683. The van der Waals surface area contributed by atoms with Crippen molar-refractivity contribution in [3.05, 3.63) is 0 Å². The molecule has 0 aromatic rings. The highest BCUT2D eigenvalue weighted by molar-refractivity contribution is 5.75. The monoisotopic (exact) mass is 189 g/mol. The first-order chi connectivity index (χ1) is 6.33. The number of carbonyl (C=O) groups is 1. The predicted molar refractivity (Wildman–Crippen MR) is 55.7 cm³/mol. The molecule has 0 unspecified atom stereocenters. The van der Waals surface area contributed by atoms with Crippen LogP contribution in [0.5, 0.6) is 0 Å². The Balaban J connectivity index is 0. The molecular formula is C10H23NO2. The van der Waals surface area contributed by atoms with Gasteiger partial charge in [0.05, 0.1) is 6.61 Å². The van der Waals surface area contributed by atoms with Gasteiger partial charge in [0.25, 0.3) is 0 Å². The SMILES string of the molecule is CC.CCC(=O)NC[C@H]1CCOC1.[HH]. The molecule has 0 aliphatic carbocycles. The number of ether oxygens (including phenoxy) is 1. The predicted octanol–water partition coefficient (Wildman–Crippen LogP) is 1.82. The molecule has 0 aromatic heterocycles. The first-order valence-corrected chi connectivity index (χ1v) is 5.17. The summed E-state index contributed by atoms with van der Waals surface area (Å²) in [6.45, 7) is 8.31. The summed E-state index contributed by atoms with van der Waals surface area (Å²) in [6.07, 6.45) is 1.66. The van der Waals surface area contributed by atoms with Crippen molar-refractivity contribution in [2.75, 3.05) is 19.8 Å². The minimum absolute atomic E-state index is 0. The maximum atomic E-state index is 10.8. The van der Waals surface area contributed by atoms with E-state index in [9.17, 15) is 4.79 Å². The molecule has 0 spiro atoms. The lowest BCUT2D eigenvalue weighted by atomic mass is 10.1. The lowest BCUT2D eigenvalue weighted by Gasteiger charge is -2.07. The number of hydrogen-bond acceptors (Lipinski definition) is 2. The third-order valence-corrected chi connectivity index (χ3v) is 1.93. The molecule has 1 aliphatic heterocycles. The molecule has 1 amide bonds. The standard InChI is InChI=1S/C8H15NO2.C2H6.H2/c1-2-8(10)9-5-7-3-4-11-6-7;1-2;/h7H,2-6H2,1H3,(H,9,10);1-2H3;1H/t7-;;/m1../s1. The zero-order chi connectivity index (χ0) is 10.1. The Hall–Kier alpha value is -0.570. The average molecular weight is 189 g/mol. The second-order valence-electron chi connectivity index (χ2n) is 2.89. The van der Waals surface area contributed by atoms with Gasteiger partial charge in [0.15, 0.2) is 0 Å². The van der Waals surface area contributed by atoms with Crippen molar-refractivity contribution >= 4 is 5.91 Å². The van der Waals surface area contributed by atoms with Crippen LogP contribution in [0.25, 0.3) is 0 Å². The molecule has 80 valence electrons. The van der Waals surface area contributed by atoms with E-state index < -0.39 is 0 Å². The first kappa shape index (κ1) is 12.4. The van der Waals surface area contributed by atoms with Gasteiger partial charge in [0, 0.05) is 26.9 Å². The maximum absolute atomic E-state index is 10.8. The average Bonchev–Trinajstić information content (AvgIpc) is 2.70. The van der Waals surface area contributed by atoms with E-state index in [1.54, 1.807) is 0 Å². The van der Waals surface area contributed by atoms with Crippen LogP contribution in [0.3, 0.4) is 0 Å². The molecule has 1 aliphatic rings. The van der Waals surface area contributed by atoms with E-state index in [2.05, 4.69) is 5.32 Å². The second kappa shape index (κ2) is 8.05. The molecule has 1 fully saturated rings. The summed E-state index contributed by atoms with van der Waals surface area (Å²) in [5.41, 5.74) is 0. The summed E-state index contributed by atoms with van der Waals surface area (Å²) in [7, 11) is 0. The molecule has 13 heavy (non-hydrogen) atoms. The van der Waals surface area contributed by atoms with Gasteiger partial charge in [-0.25, -0.2) is 0 Å². The van der Waals surface area contributed by atoms with Gasteiger partial charge in [0.1, 0.15) is 0 Å². The Morgan fingerprint density at radius 1 is 1.62 bits per heavy atom. The molecule has 1 atom stereocenters. The lowest BCUT2D eigenvalue weighted by molar-refractivity contribution is -0.120. The lowest BCUT2D eigenvalue weighted by Crippen LogP contribution is -2.28. The van der Waals surface area contributed by atoms with Gasteiger partial charge in [-0.15, -0.1) is 0 Å². The van der Waals surface area contributed by atoms with Gasteiger partial charge in [-0.2, -0.15) is 0 Å². The summed E-state index contributed by atoms with van der Waals surface area (Å²) < 4.78 is 5.17. The van der Waals surface area contributed by atoms with Gasteiger partial charge in [-0.1, -0.05) is 20.8 Å². The Labute approximate surface area is 82.3 Å². The van der Waals surface area contributed by atoms with Crippen LogP contribution in [0.2, 0.25) is 0 Å². The van der Waals surface area contributed by atoms with E-state index in [1.807, 2.05) is 20.8 Å². The van der Waals surface area contributed by atoms with Gasteiger partial charge < -0.3 is 10.1 Å². The fourth-order valence-corrected chi connectivity index (χ4v) is 1.13. The Bertz CT molecular complexity index is 136. The van der Waals surface area contributed by atoms with E-state index in [-0.39, 0.29) is 7.33 Å². The van der Waals surface area contributed by atoms with Gasteiger partial charge >= 0.3 is 0 Å². The molecule has 1 N–H and O–H groups in total. The summed E-state index contributed by atoms with van der Waals surface area (Å²) >= 11 is 0. The van der Waals surface area contributed by atoms with Crippen LogP contribution in [0.1, 0.15) is 35.0 Å². The molecule has 1 saturated heterocycles. The Morgan fingerprint density at radius 3 is 2.77 bits per heavy atom. The highest BCUT2D eigenvalue weighted by Gasteiger charge is 2.15. The zero-order valence-electron chi connectivity index (χ0n) is 8.93. The maximum Gasteiger partial charge on any atom is 0.219 e. The quantitative estimate of drug-likeness (QED) is 0.735. The van der Waals surface area contributed by atoms with E-state index in [4.69, 9.17) is 4.74 Å². The Morgan fingerprint density at radius 2 is 2.31 bits per heavy atom. The third-order valence-electron chi connectivity index (χ3n) is 1.93. The van der Waals surface area contributed by atoms with E-state index in [0.717, 1.165) is 26.2 Å². The molecule has 0 radical (unpaired) electrons. The topological polar surface area (TPSA) is 38.3 Å². The fourth-order valence-electron chi connectivity index (χ4n) is 1.13. The Kier molecular flexibility index (Phi) is 7.69. The number of rotatable bonds is 3. The van der Waals surface area contributed by atoms with E-state index >= 15 is 0 Å². The van der Waals surface area contributed by atoms with Crippen LogP contribution < -0.4 is 5.32 Å². The number of hydrogen-bond donors (Lipinski definition) is 1. The van der Waals surface area contributed by atoms with Gasteiger partial charge in [-0.3, -0.25) is 4.79 Å². The first-order valence-electron chi connectivity index (χ1n) is 5.17. The highest BCUT2D eigenvalue weighted by atomic mass is 16.5. The number of carbonyl (C=O) groups excluding carboxylic acids is 1. The third kappa shape index (κ3) is 5.64. The largest absolute Gasteiger partial charge is 0.381 e. The van der Waals surface area contributed by atoms with Crippen molar-refractivity contribution in [2.45, 2.75) is 33.6 Å². The minimum atomic E-state index is 0. The van der Waals surface area contributed by atoms with Crippen molar-refractivity contribution in [2.24, 2.45) is 5.92 Å². The molecule has 3 heteroatoms. The van der Waals surface area contributed by atoms with Crippen molar-refractivity contribution < 1.29 is 11.0 Å². The van der Waals surface area contributed by atoms with Crippen LogP contribution in [-0.4, -0.2) is 25.7 Å². The number of amides is 1. The molecule has 0 saturated carbocycles. The molecule has 1 heterocycles. The molecule has 0 bridgehead atoms. The molecular weight excluding hydrogens is 166 g/mol. The van der Waals surface area contributed by atoms with Crippen LogP contribution in [0.4, 0.5) is 0 Å². The van der Waals surface area contributed by atoms with Crippen LogP contribution >= 0.6 is 0 Å². The van der Waals surface area contributed by atoms with E-state index in [1.165, 1.54) is 0 Å². The fraction of sp³-hybridized carbons (Fsp3) is 0.900. The van der Waals surface area contributed by atoms with Crippen molar-refractivity contribution in [3.63, 3.8) is 0 Å².